The first-order valence-electron chi connectivity index (χ1n) is 8.57. The third-order valence-electron chi connectivity index (χ3n) is 4.36. The molecule has 1 heterocycles. The fourth-order valence-electron chi connectivity index (χ4n) is 2.74. The Labute approximate surface area is 161 Å². The third kappa shape index (κ3) is 4.33. The van der Waals surface area contributed by atoms with Gasteiger partial charge in [0.2, 0.25) is 5.91 Å². The molecule has 3 N–H and O–H groups in total. The lowest BCUT2D eigenvalue weighted by Crippen LogP contribution is -2.47. The van der Waals surface area contributed by atoms with Crippen LogP contribution in [0, 0.1) is 0 Å². The minimum Gasteiger partial charge on any atom is -0.342 e. The lowest BCUT2D eigenvalue weighted by Gasteiger charge is -2.25. The van der Waals surface area contributed by atoms with E-state index in [-0.39, 0.29) is 18.4 Å². The average Bonchev–Trinajstić information content (AvgIpc) is 2.73. The van der Waals surface area contributed by atoms with Crippen molar-refractivity contribution >= 4 is 29.9 Å². The van der Waals surface area contributed by atoms with Crippen molar-refractivity contribution in [3.63, 3.8) is 0 Å². The summed E-state index contributed by atoms with van der Waals surface area (Å²) < 4.78 is 0. The second-order valence-electron chi connectivity index (χ2n) is 6.22. The van der Waals surface area contributed by atoms with E-state index in [0.717, 1.165) is 22.3 Å². The lowest BCUT2D eigenvalue weighted by atomic mass is 10.0. The average molecular weight is 377 g/mol. The summed E-state index contributed by atoms with van der Waals surface area (Å²) in [6.45, 7) is 0.0153. The molecule has 0 bridgehead atoms. The van der Waals surface area contributed by atoms with Crippen LogP contribution in [0.25, 0.3) is 23.3 Å². The molecule has 0 radical (unpaired) electrons. The van der Waals surface area contributed by atoms with Crippen molar-refractivity contribution in [1.82, 2.24) is 15.7 Å². The van der Waals surface area contributed by atoms with Gasteiger partial charge in [-0.05, 0) is 34.4 Å². The van der Waals surface area contributed by atoms with Gasteiger partial charge in [0, 0.05) is 13.1 Å². The number of carbonyl (C=O) groups is 3. The van der Waals surface area contributed by atoms with Gasteiger partial charge in [-0.25, -0.2) is 5.48 Å². The monoisotopic (exact) mass is 377 g/mol. The second-order valence-corrected chi connectivity index (χ2v) is 6.22. The van der Waals surface area contributed by atoms with Gasteiger partial charge in [0.25, 0.3) is 11.8 Å². The number of piperazine rings is 1. The topological polar surface area (TPSA) is 98.7 Å². The third-order valence-corrected chi connectivity index (χ3v) is 4.36. The standard InChI is InChI=1S/C21H19N3O4/c1-24-18(21(27)22-13-20(24)26)12-15-4-9-17(10-5-15)16-7-2-14(3-8-16)6-11-19(25)23-28/h2-12,28H,13H2,1H3,(H,22,27)(H,23,25)/b11-6+,18-12-. The van der Waals surface area contributed by atoms with Crippen LogP contribution in [0.4, 0.5) is 0 Å². The molecular weight excluding hydrogens is 358 g/mol. The summed E-state index contributed by atoms with van der Waals surface area (Å²) in [4.78, 5) is 36.1. The van der Waals surface area contributed by atoms with Crippen LogP contribution in [0.5, 0.6) is 0 Å². The van der Waals surface area contributed by atoms with Crippen molar-refractivity contribution in [2.45, 2.75) is 0 Å². The molecule has 3 amide bonds. The van der Waals surface area contributed by atoms with Crippen molar-refractivity contribution in [1.29, 1.82) is 0 Å². The fourth-order valence-corrected chi connectivity index (χ4v) is 2.74. The molecule has 0 aliphatic carbocycles. The highest BCUT2D eigenvalue weighted by atomic mass is 16.5. The Hall–Kier alpha value is -3.71. The minimum absolute atomic E-state index is 0.0153. The number of carbonyl (C=O) groups excluding carboxylic acids is 3. The summed E-state index contributed by atoms with van der Waals surface area (Å²) in [5.74, 6) is -1.02. The van der Waals surface area contributed by atoms with Gasteiger partial charge < -0.3 is 10.2 Å². The number of benzene rings is 2. The van der Waals surface area contributed by atoms with Gasteiger partial charge >= 0.3 is 0 Å². The maximum Gasteiger partial charge on any atom is 0.268 e. The molecular formula is C21H19N3O4. The highest BCUT2D eigenvalue weighted by Gasteiger charge is 2.25. The van der Waals surface area contributed by atoms with Crippen LogP contribution in [-0.2, 0) is 14.4 Å². The largest absolute Gasteiger partial charge is 0.342 e. The van der Waals surface area contributed by atoms with E-state index < -0.39 is 5.91 Å². The van der Waals surface area contributed by atoms with Gasteiger partial charge in [0.15, 0.2) is 0 Å². The van der Waals surface area contributed by atoms with E-state index in [4.69, 9.17) is 5.21 Å². The normalized spacial score (nSPS) is 15.8. The van der Waals surface area contributed by atoms with Gasteiger partial charge in [-0.15, -0.1) is 0 Å². The molecule has 0 atom stereocenters. The summed E-state index contributed by atoms with van der Waals surface area (Å²) >= 11 is 0. The summed E-state index contributed by atoms with van der Waals surface area (Å²) in [6, 6.07) is 15.2. The summed E-state index contributed by atoms with van der Waals surface area (Å²) in [5.41, 5.74) is 5.46. The van der Waals surface area contributed by atoms with Crippen LogP contribution < -0.4 is 10.8 Å². The molecule has 1 aliphatic rings. The second kappa shape index (κ2) is 8.32. The first kappa shape index (κ1) is 19.1. The van der Waals surface area contributed by atoms with E-state index in [1.54, 1.807) is 19.2 Å². The van der Waals surface area contributed by atoms with Crippen LogP contribution >= 0.6 is 0 Å². The zero-order chi connectivity index (χ0) is 20.1. The highest BCUT2D eigenvalue weighted by molar-refractivity contribution is 6.05. The Balaban J connectivity index is 1.76. The number of nitrogens with zero attached hydrogens (tertiary/aromatic N) is 1. The SMILES string of the molecule is CN1C(=O)CNC(=O)/C1=C/c1ccc(-c2ccc(/C=C/C(=O)NO)cc2)cc1. The molecule has 3 rings (SSSR count). The van der Waals surface area contributed by atoms with Crippen LogP contribution in [0.15, 0.2) is 60.3 Å². The molecule has 1 fully saturated rings. The van der Waals surface area contributed by atoms with E-state index >= 15 is 0 Å². The molecule has 0 aromatic heterocycles. The number of hydroxylamine groups is 1. The molecule has 0 saturated carbocycles. The minimum atomic E-state index is -0.590. The molecule has 2 aromatic carbocycles. The maximum absolute atomic E-state index is 12.0. The first-order valence-corrected chi connectivity index (χ1v) is 8.57. The number of likely N-dealkylation sites (N-methyl/N-ethyl adjacent to an activating group) is 1. The zero-order valence-electron chi connectivity index (χ0n) is 15.2. The summed E-state index contributed by atoms with van der Waals surface area (Å²) in [7, 11) is 1.58. The van der Waals surface area contributed by atoms with E-state index in [1.165, 1.54) is 16.5 Å². The fraction of sp³-hybridized carbons (Fsp3) is 0.0952. The zero-order valence-corrected chi connectivity index (χ0v) is 15.2. The number of hydrogen-bond acceptors (Lipinski definition) is 4. The van der Waals surface area contributed by atoms with Gasteiger partial charge in [-0.1, -0.05) is 48.5 Å². The Morgan fingerprint density at radius 2 is 1.61 bits per heavy atom. The van der Waals surface area contributed by atoms with E-state index in [1.807, 2.05) is 48.5 Å². The van der Waals surface area contributed by atoms with Crippen molar-refractivity contribution in [2.24, 2.45) is 0 Å². The predicted octanol–water partition coefficient (Wildman–Crippen LogP) is 1.80. The lowest BCUT2D eigenvalue weighted by molar-refractivity contribution is -0.135. The molecule has 0 spiro atoms. The molecule has 142 valence electrons. The molecule has 28 heavy (non-hydrogen) atoms. The number of hydrogen-bond donors (Lipinski definition) is 3. The van der Waals surface area contributed by atoms with Gasteiger partial charge in [0.05, 0.1) is 6.54 Å². The Morgan fingerprint density at radius 1 is 1.04 bits per heavy atom. The molecule has 7 nitrogen and oxygen atoms in total. The van der Waals surface area contributed by atoms with E-state index in [9.17, 15) is 14.4 Å². The van der Waals surface area contributed by atoms with Crippen molar-refractivity contribution in [3.05, 3.63) is 71.4 Å². The predicted molar refractivity (Wildman–Crippen MR) is 105 cm³/mol. The van der Waals surface area contributed by atoms with Gasteiger partial charge in [-0.3, -0.25) is 19.6 Å². The van der Waals surface area contributed by atoms with Crippen LogP contribution in [0.3, 0.4) is 0 Å². The first-order chi connectivity index (χ1) is 13.5. The molecule has 0 unspecified atom stereocenters. The van der Waals surface area contributed by atoms with Gasteiger partial charge in [-0.2, -0.15) is 0 Å². The Kier molecular flexibility index (Phi) is 5.67. The smallest absolute Gasteiger partial charge is 0.268 e. The maximum atomic E-state index is 12.0. The molecule has 1 aliphatic heterocycles. The molecule has 7 heteroatoms. The Morgan fingerprint density at radius 3 is 2.18 bits per heavy atom. The van der Waals surface area contributed by atoms with Crippen LogP contribution in [-0.4, -0.2) is 41.4 Å². The summed E-state index contributed by atoms with van der Waals surface area (Å²) in [5, 5.41) is 11.0. The quantitative estimate of drug-likeness (QED) is 0.430. The van der Waals surface area contributed by atoms with Crippen LogP contribution in [0.1, 0.15) is 11.1 Å². The van der Waals surface area contributed by atoms with Crippen LogP contribution in [0.2, 0.25) is 0 Å². The number of amides is 3. The summed E-state index contributed by atoms with van der Waals surface area (Å²) in [6.07, 6.45) is 4.51. The molecule has 2 aromatic rings. The Bertz CT molecular complexity index is 960. The molecule has 1 saturated heterocycles. The number of rotatable bonds is 4. The number of nitrogens with one attached hydrogen (secondary N) is 2. The van der Waals surface area contributed by atoms with Crippen molar-refractivity contribution < 1.29 is 19.6 Å². The van der Waals surface area contributed by atoms with E-state index in [0.29, 0.717) is 5.70 Å². The van der Waals surface area contributed by atoms with Crippen molar-refractivity contribution in [2.75, 3.05) is 13.6 Å². The highest BCUT2D eigenvalue weighted by Crippen LogP contribution is 2.22. The van der Waals surface area contributed by atoms with Crippen molar-refractivity contribution in [3.8, 4) is 11.1 Å². The van der Waals surface area contributed by atoms with E-state index in [2.05, 4.69) is 5.32 Å². The van der Waals surface area contributed by atoms with Gasteiger partial charge in [0.1, 0.15) is 5.70 Å².